The average Bonchev–Trinajstić information content (AvgIpc) is 3.35. The highest BCUT2D eigenvalue weighted by atomic mass is 16.5. The summed E-state index contributed by atoms with van der Waals surface area (Å²) in [5, 5.41) is 0. The quantitative estimate of drug-likeness (QED) is 0.545. The van der Waals surface area contributed by atoms with Crippen LogP contribution in [0.3, 0.4) is 0 Å². The number of Topliss-reactive ketones (excluding diaryl/α,β-unsaturated/α-hetero) is 1. The van der Waals surface area contributed by atoms with Crippen LogP contribution >= 0.6 is 0 Å². The number of carbonyl (C=O) groups is 2. The molecule has 0 aromatic heterocycles. The second-order valence-electron chi connectivity index (χ2n) is 8.08. The minimum absolute atomic E-state index is 0.0245. The van der Waals surface area contributed by atoms with E-state index in [-0.39, 0.29) is 42.2 Å². The smallest absolute Gasteiger partial charge is 0.314 e. The van der Waals surface area contributed by atoms with Crippen LogP contribution in [0.25, 0.3) is 5.57 Å². The van der Waals surface area contributed by atoms with E-state index in [9.17, 15) is 9.59 Å². The molecule has 0 amide bonds. The minimum Gasteiger partial charge on any atom is -0.430 e. The van der Waals surface area contributed by atoms with E-state index in [1.165, 1.54) is 11.6 Å². The summed E-state index contributed by atoms with van der Waals surface area (Å²) in [4.78, 5) is 26.0. The summed E-state index contributed by atoms with van der Waals surface area (Å²) in [7, 11) is 0. The van der Waals surface area contributed by atoms with Crippen molar-refractivity contribution < 1.29 is 19.1 Å². The van der Waals surface area contributed by atoms with Gasteiger partial charge in [0.2, 0.25) is 0 Å². The summed E-state index contributed by atoms with van der Waals surface area (Å²) < 4.78 is 11.9. The highest BCUT2D eigenvalue weighted by molar-refractivity contribution is 6.26. The lowest BCUT2D eigenvalue weighted by Crippen LogP contribution is -2.29. The zero-order valence-electron chi connectivity index (χ0n) is 16.9. The Morgan fingerprint density at radius 2 is 1.79 bits per heavy atom. The standard InChI is InChI=1S/C24H28O4/c1-5-8-18(25)28-24-21-17-10-9-16(27-17)20(21)23(26)22(24)19-14(6-2)11-13(4)12-15(19)7-3/h5,11-12,16-17,20-21H,1,6-10H2,2-4H3/t16?,17?,20-,21+/m0/s1. The lowest BCUT2D eigenvalue weighted by atomic mass is 9.80. The van der Waals surface area contributed by atoms with Crippen LogP contribution in [0.2, 0.25) is 0 Å². The van der Waals surface area contributed by atoms with E-state index in [0.717, 1.165) is 42.4 Å². The SMILES string of the molecule is C=CCC(=O)OC1=C(c2c(CC)cc(C)cc2CC)C(=O)[C@H]2C3CCC(O3)[C@@H]12. The van der Waals surface area contributed by atoms with Gasteiger partial charge in [-0.15, -0.1) is 6.58 Å². The van der Waals surface area contributed by atoms with Gasteiger partial charge < -0.3 is 9.47 Å². The van der Waals surface area contributed by atoms with Gasteiger partial charge in [-0.1, -0.05) is 37.6 Å². The van der Waals surface area contributed by atoms with Gasteiger partial charge in [0, 0.05) is 0 Å². The number of allylic oxidation sites excluding steroid dienone is 1. The molecular weight excluding hydrogens is 352 g/mol. The largest absolute Gasteiger partial charge is 0.430 e. The van der Waals surface area contributed by atoms with Crippen LogP contribution in [-0.4, -0.2) is 24.0 Å². The molecule has 2 aliphatic heterocycles. The molecule has 2 bridgehead atoms. The van der Waals surface area contributed by atoms with Crippen molar-refractivity contribution in [3.8, 4) is 0 Å². The fourth-order valence-electron chi connectivity index (χ4n) is 5.27. The molecule has 28 heavy (non-hydrogen) atoms. The first-order valence-electron chi connectivity index (χ1n) is 10.4. The summed E-state index contributed by atoms with van der Waals surface area (Å²) >= 11 is 0. The molecule has 1 aliphatic carbocycles. The summed E-state index contributed by atoms with van der Waals surface area (Å²) in [6.45, 7) is 9.92. The van der Waals surface area contributed by atoms with Crippen molar-refractivity contribution in [2.24, 2.45) is 11.8 Å². The van der Waals surface area contributed by atoms with Gasteiger partial charge in [0.05, 0.1) is 36.0 Å². The summed E-state index contributed by atoms with van der Waals surface area (Å²) in [6, 6.07) is 4.30. The molecule has 0 N–H and O–H groups in total. The van der Waals surface area contributed by atoms with Gasteiger partial charge in [-0.25, -0.2) is 0 Å². The number of esters is 1. The van der Waals surface area contributed by atoms with E-state index in [1.807, 2.05) is 0 Å². The van der Waals surface area contributed by atoms with Gasteiger partial charge in [0.1, 0.15) is 5.76 Å². The van der Waals surface area contributed by atoms with Crippen molar-refractivity contribution in [2.45, 2.75) is 65.1 Å². The van der Waals surface area contributed by atoms with Crippen LogP contribution in [0.5, 0.6) is 0 Å². The van der Waals surface area contributed by atoms with Crippen LogP contribution in [0.1, 0.15) is 55.4 Å². The molecule has 148 valence electrons. The molecule has 4 heteroatoms. The third-order valence-electron chi connectivity index (χ3n) is 6.36. The van der Waals surface area contributed by atoms with Crippen LogP contribution in [0.15, 0.2) is 30.5 Å². The molecule has 0 spiro atoms. The Morgan fingerprint density at radius 3 is 2.36 bits per heavy atom. The van der Waals surface area contributed by atoms with E-state index in [2.05, 4.69) is 39.5 Å². The zero-order valence-corrected chi connectivity index (χ0v) is 16.9. The molecule has 4 nitrogen and oxygen atoms in total. The van der Waals surface area contributed by atoms with E-state index < -0.39 is 0 Å². The molecule has 2 heterocycles. The fraction of sp³-hybridized carbons (Fsp3) is 0.500. The Bertz CT molecular complexity index is 854. The molecule has 2 unspecified atom stereocenters. The number of benzene rings is 1. The first kappa shape index (κ1) is 19.1. The topological polar surface area (TPSA) is 52.6 Å². The van der Waals surface area contributed by atoms with Crippen molar-refractivity contribution in [2.75, 3.05) is 0 Å². The molecule has 0 saturated carbocycles. The Balaban J connectivity index is 1.91. The first-order valence-corrected chi connectivity index (χ1v) is 10.4. The minimum atomic E-state index is -0.359. The second-order valence-corrected chi connectivity index (χ2v) is 8.08. The van der Waals surface area contributed by atoms with Gasteiger partial charge in [-0.2, -0.15) is 0 Å². The molecule has 2 saturated heterocycles. The van der Waals surface area contributed by atoms with Crippen LogP contribution in [0, 0.1) is 18.8 Å². The van der Waals surface area contributed by atoms with Gasteiger partial charge in [-0.3, -0.25) is 9.59 Å². The third kappa shape index (κ3) is 2.86. The molecule has 4 atom stereocenters. The molecular formula is C24H28O4. The number of rotatable bonds is 6. The molecule has 2 fully saturated rings. The van der Waals surface area contributed by atoms with Crippen molar-refractivity contribution in [3.05, 3.63) is 52.8 Å². The van der Waals surface area contributed by atoms with Crippen molar-refractivity contribution in [1.82, 2.24) is 0 Å². The van der Waals surface area contributed by atoms with Crippen molar-refractivity contribution in [3.63, 3.8) is 0 Å². The fourth-order valence-corrected chi connectivity index (χ4v) is 5.27. The monoisotopic (exact) mass is 380 g/mol. The highest BCUT2D eigenvalue weighted by Gasteiger charge is 2.60. The highest BCUT2D eigenvalue weighted by Crippen LogP contribution is 2.55. The van der Waals surface area contributed by atoms with Crippen LogP contribution < -0.4 is 0 Å². The van der Waals surface area contributed by atoms with Crippen molar-refractivity contribution in [1.29, 1.82) is 0 Å². The average molecular weight is 380 g/mol. The maximum Gasteiger partial charge on any atom is 0.314 e. The van der Waals surface area contributed by atoms with Crippen molar-refractivity contribution >= 4 is 17.3 Å². The second kappa shape index (κ2) is 7.32. The maximum atomic E-state index is 13.6. The Morgan fingerprint density at radius 1 is 1.18 bits per heavy atom. The first-order chi connectivity index (χ1) is 13.5. The predicted octanol–water partition coefficient (Wildman–Crippen LogP) is 4.33. The summed E-state index contributed by atoms with van der Waals surface area (Å²) in [5.74, 6) is -0.0715. The van der Waals surface area contributed by atoms with Gasteiger partial charge in [-0.05, 0) is 49.3 Å². The predicted molar refractivity (Wildman–Crippen MR) is 108 cm³/mol. The van der Waals surface area contributed by atoms with E-state index in [1.54, 1.807) is 0 Å². The van der Waals surface area contributed by atoms with Gasteiger partial charge >= 0.3 is 5.97 Å². The lowest BCUT2D eigenvalue weighted by Gasteiger charge is -2.21. The molecule has 4 rings (SSSR count). The molecule has 3 aliphatic rings. The van der Waals surface area contributed by atoms with E-state index >= 15 is 0 Å². The maximum absolute atomic E-state index is 13.6. The zero-order chi connectivity index (χ0) is 20.0. The lowest BCUT2D eigenvalue weighted by molar-refractivity contribution is -0.139. The molecule has 0 radical (unpaired) electrons. The van der Waals surface area contributed by atoms with Gasteiger partial charge in [0.15, 0.2) is 5.78 Å². The van der Waals surface area contributed by atoms with E-state index in [0.29, 0.717) is 11.3 Å². The number of hydrogen-bond donors (Lipinski definition) is 0. The number of fused-ring (bicyclic) bond motifs is 5. The number of carbonyl (C=O) groups excluding carboxylic acids is 2. The van der Waals surface area contributed by atoms with E-state index in [4.69, 9.17) is 9.47 Å². The van der Waals surface area contributed by atoms with Gasteiger partial charge in [0.25, 0.3) is 0 Å². The van der Waals surface area contributed by atoms with Crippen LogP contribution in [0.4, 0.5) is 0 Å². The normalized spacial score (nSPS) is 28.0. The number of hydrogen-bond acceptors (Lipinski definition) is 4. The Hall–Kier alpha value is -2.20. The van der Waals surface area contributed by atoms with Crippen LogP contribution in [-0.2, 0) is 31.9 Å². The molecule has 1 aromatic rings. The third-order valence-corrected chi connectivity index (χ3v) is 6.36. The Labute approximate surface area is 166 Å². The summed E-state index contributed by atoms with van der Waals surface area (Å²) in [5.41, 5.74) is 5.09. The number of aryl methyl sites for hydroxylation is 3. The number of ketones is 1. The summed E-state index contributed by atoms with van der Waals surface area (Å²) in [6.07, 6.45) is 5.08. The molecule has 1 aromatic carbocycles. The number of ether oxygens (including phenoxy) is 2. The Kier molecular flexibility index (Phi) is 5.00.